The fourth-order valence-electron chi connectivity index (χ4n) is 17.0. The third-order valence-corrected chi connectivity index (χ3v) is 20.8. The Morgan fingerprint density at radius 3 is 2.23 bits per heavy atom. The molecule has 14 atom stereocenters. The second-order valence-electron chi connectivity index (χ2n) is 23.7. The zero-order chi connectivity index (χ0) is 45.7. The van der Waals surface area contributed by atoms with E-state index in [1.54, 1.807) is 0 Å². The molecule has 8 nitrogen and oxygen atoms in total. The Bertz CT molecular complexity index is 2310. The minimum Gasteiger partial charge on any atom is -0.462 e. The van der Waals surface area contributed by atoms with Crippen LogP contribution < -0.4 is 0 Å². The monoisotopic (exact) mass is 882 g/mol. The van der Waals surface area contributed by atoms with Crippen molar-refractivity contribution >= 4 is 17.8 Å². The number of aromatic amines is 1. The van der Waals surface area contributed by atoms with E-state index in [-0.39, 0.29) is 75.5 Å². The Kier molecular flexibility index (Phi) is 11.2. The number of likely N-dealkylation sites (tertiary alicyclic amines) is 1. The molecule has 0 bridgehead atoms. The summed E-state index contributed by atoms with van der Waals surface area (Å²) in [5.74, 6) is 2.47. The molecule has 3 aromatic rings. The molecule has 65 heavy (non-hydrogen) atoms. The first-order valence-electron chi connectivity index (χ1n) is 25.5. The molecule has 1 saturated heterocycles. The van der Waals surface area contributed by atoms with Gasteiger partial charge in [-0.2, -0.15) is 0 Å². The van der Waals surface area contributed by atoms with Crippen LogP contribution in [0.1, 0.15) is 149 Å². The number of benzene rings is 2. The molecule has 2 heterocycles. The average molecular weight is 882 g/mol. The number of carbonyl (C=O) groups is 3. The molecule has 0 spiro atoms. The van der Waals surface area contributed by atoms with Crippen molar-refractivity contribution < 1.29 is 23.9 Å². The third-order valence-electron chi connectivity index (χ3n) is 20.8. The largest absolute Gasteiger partial charge is 0.462 e. The number of carbonyl (C=O) groups excluding carboxylic acids is 3. The number of imidazole rings is 1. The lowest BCUT2D eigenvalue weighted by Gasteiger charge is -2.73. The second-order valence-corrected chi connectivity index (χ2v) is 23.7. The normalized spacial score (nSPS) is 40.3. The van der Waals surface area contributed by atoms with E-state index in [1.807, 2.05) is 49.5 Å². The Labute approximate surface area is 388 Å². The molecule has 10 rings (SSSR count). The van der Waals surface area contributed by atoms with Crippen LogP contribution in [0.15, 0.2) is 79.0 Å². The van der Waals surface area contributed by atoms with Crippen molar-refractivity contribution in [2.45, 2.75) is 151 Å². The summed E-state index contributed by atoms with van der Waals surface area (Å²) in [5, 5.41) is 0. The number of H-pyrrole nitrogens is 1. The molecule has 7 aliphatic rings. The Morgan fingerprint density at radius 1 is 0.785 bits per heavy atom. The summed E-state index contributed by atoms with van der Waals surface area (Å²) in [7, 11) is 0. The minimum atomic E-state index is -0.361. The highest BCUT2D eigenvalue weighted by atomic mass is 16.5. The van der Waals surface area contributed by atoms with Gasteiger partial charge >= 0.3 is 11.9 Å². The molecule has 6 saturated carbocycles. The summed E-state index contributed by atoms with van der Waals surface area (Å²) in [6, 6.07) is 20.1. The fourth-order valence-corrected chi connectivity index (χ4v) is 17.0. The van der Waals surface area contributed by atoms with Crippen LogP contribution >= 0.6 is 0 Å². The van der Waals surface area contributed by atoms with Gasteiger partial charge in [-0.05, 0) is 153 Å². The van der Waals surface area contributed by atoms with E-state index in [9.17, 15) is 9.59 Å². The summed E-state index contributed by atoms with van der Waals surface area (Å²) in [6.45, 7) is 22.6. The molecule has 1 N–H and O–H groups in total. The molecule has 14 unspecified atom stereocenters. The number of nitrogens with one attached hydrogen (secondary N) is 1. The van der Waals surface area contributed by atoms with Gasteiger partial charge in [0.05, 0.1) is 35.2 Å². The molecule has 2 aromatic carbocycles. The highest BCUT2D eigenvalue weighted by Crippen LogP contribution is 2.78. The van der Waals surface area contributed by atoms with Gasteiger partial charge in [0, 0.05) is 12.0 Å². The topological polar surface area (TPSA) is 102 Å². The molecule has 7 fully saturated rings. The van der Waals surface area contributed by atoms with Crippen LogP contribution in [0.3, 0.4) is 0 Å². The molecule has 348 valence electrons. The Morgan fingerprint density at radius 2 is 1.51 bits per heavy atom. The minimum absolute atomic E-state index is 0.0172. The Balaban J connectivity index is 0.844. The van der Waals surface area contributed by atoms with Gasteiger partial charge in [-0.25, -0.2) is 4.98 Å². The molecule has 1 aromatic heterocycles. The predicted octanol–water partition coefficient (Wildman–Crippen LogP) is 12.3. The number of hydrogen-bond donors (Lipinski definition) is 1. The second kappa shape index (κ2) is 16.2. The number of nitrogens with zero attached hydrogens (tertiary/aromatic N) is 2. The van der Waals surface area contributed by atoms with Gasteiger partial charge in [0.25, 0.3) is 0 Å². The van der Waals surface area contributed by atoms with Crippen molar-refractivity contribution in [2.24, 2.45) is 74.4 Å². The van der Waals surface area contributed by atoms with Crippen LogP contribution in [0.25, 0.3) is 11.3 Å². The zero-order valence-electron chi connectivity index (χ0n) is 40.4. The van der Waals surface area contributed by atoms with Gasteiger partial charge in [-0.3, -0.25) is 14.4 Å². The average Bonchev–Trinajstić information content (AvgIpc) is 4.07. The van der Waals surface area contributed by atoms with Crippen molar-refractivity contribution in [3.05, 3.63) is 90.4 Å². The van der Waals surface area contributed by atoms with Gasteiger partial charge in [0.2, 0.25) is 5.91 Å². The molecule has 1 aliphatic heterocycles. The fraction of sp³-hybridized carbons (Fsp3) is 0.649. The lowest BCUT2D eigenvalue weighted by atomic mass is 9.32. The van der Waals surface area contributed by atoms with Gasteiger partial charge in [0.15, 0.2) is 0 Å². The van der Waals surface area contributed by atoms with Crippen LogP contribution in [-0.2, 0) is 30.5 Å². The number of aromatic nitrogens is 2. The molecule has 1 amide bonds. The first kappa shape index (κ1) is 44.6. The lowest BCUT2D eigenvalue weighted by molar-refractivity contribution is -0.251. The summed E-state index contributed by atoms with van der Waals surface area (Å²) in [6.07, 6.45) is 14.9. The number of ether oxygens (including phenoxy) is 2. The zero-order valence-corrected chi connectivity index (χ0v) is 40.4. The highest BCUT2D eigenvalue weighted by molar-refractivity contribution is 5.85. The van der Waals surface area contributed by atoms with Gasteiger partial charge in [0.1, 0.15) is 18.5 Å². The van der Waals surface area contributed by atoms with Crippen LogP contribution in [0.2, 0.25) is 0 Å². The number of fused-ring (bicyclic) bond motifs is 7. The standard InChI is InChI=1S/C57H75N3O5/c1-35(2)39-23-28-57(52(63)60-31-15-20-44(60)49-58-33-43(59-49)38-18-13-10-14-19-38)30-29-55(7)42(48(39)57)21-22-46-54(6)26-25-47(53(4,5)45(54)24-27-56(46,55)8)65-51(62)41-32-40(36(41)3)50(61)64-34-37-16-11-9-12-17-37/h9-14,16-19,33,36,39-42,44-48H,1,15,20-32,34H2,2-8H3,(H,58,59). The van der Waals surface area contributed by atoms with Crippen molar-refractivity contribution in [1.29, 1.82) is 0 Å². The first-order valence-corrected chi connectivity index (χ1v) is 25.5. The molecule has 0 radical (unpaired) electrons. The van der Waals surface area contributed by atoms with Gasteiger partial charge < -0.3 is 19.4 Å². The van der Waals surface area contributed by atoms with Gasteiger partial charge in [-0.1, -0.05) is 114 Å². The van der Waals surface area contributed by atoms with Crippen molar-refractivity contribution in [3.8, 4) is 11.3 Å². The van der Waals surface area contributed by atoms with Crippen molar-refractivity contribution in [2.75, 3.05) is 6.54 Å². The summed E-state index contributed by atoms with van der Waals surface area (Å²) < 4.78 is 12.2. The number of esters is 2. The number of hydrogen-bond acceptors (Lipinski definition) is 6. The van der Waals surface area contributed by atoms with E-state index >= 15 is 4.79 Å². The lowest BCUT2D eigenvalue weighted by Crippen LogP contribution is -2.67. The third kappa shape index (κ3) is 6.85. The predicted molar refractivity (Wildman–Crippen MR) is 254 cm³/mol. The van der Waals surface area contributed by atoms with E-state index in [4.69, 9.17) is 14.5 Å². The van der Waals surface area contributed by atoms with Crippen LogP contribution in [-0.4, -0.2) is 45.4 Å². The summed E-state index contributed by atoms with van der Waals surface area (Å²) >= 11 is 0. The molecule has 6 aliphatic carbocycles. The van der Waals surface area contributed by atoms with E-state index < -0.39 is 0 Å². The van der Waals surface area contributed by atoms with Crippen LogP contribution in [0.5, 0.6) is 0 Å². The number of allylic oxidation sites excluding steroid dienone is 1. The Hall–Kier alpha value is -4.20. The first-order chi connectivity index (χ1) is 31.0. The van der Waals surface area contributed by atoms with Crippen LogP contribution in [0.4, 0.5) is 0 Å². The smallest absolute Gasteiger partial charge is 0.309 e. The molecule has 8 heteroatoms. The maximum absolute atomic E-state index is 15.6. The quantitative estimate of drug-likeness (QED) is 0.170. The van der Waals surface area contributed by atoms with E-state index in [2.05, 4.69) is 82.3 Å². The van der Waals surface area contributed by atoms with Crippen molar-refractivity contribution in [3.63, 3.8) is 0 Å². The number of amides is 1. The molecular weight excluding hydrogens is 807 g/mol. The SMILES string of the molecule is C=C(C)C1CCC2(C(=O)N3CCCC3c3ncc(-c4ccccc4)[nH]3)CCC3(C)C(CCC4C5(C)CCC(OC(=O)C6CC(C(=O)OCc7ccccc7)C6C)C(C)(C)C5CCC43C)C12. The van der Waals surface area contributed by atoms with Gasteiger partial charge in [-0.15, -0.1) is 0 Å². The van der Waals surface area contributed by atoms with E-state index in [0.29, 0.717) is 41.9 Å². The van der Waals surface area contributed by atoms with E-state index in [1.165, 1.54) is 18.4 Å². The summed E-state index contributed by atoms with van der Waals surface area (Å²) in [4.78, 5) is 53.3. The summed E-state index contributed by atoms with van der Waals surface area (Å²) in [5.41, 5.74) is 4.20. The number of rotatable bonds is 9. The maximum Gasteiger partial charge on any atom is 0.309 e. The highest BCUT2D eigenvalue weighted by Gasteiger charge is 2.72. The van der Waals surface area contributed by atoms with E-state index in [0.717, 1.165) is 93.4 Å². The molecular formula is C57H75N3O5. The van der Waals surface area contributed by atoms with Crippen LogP contribution in [0, 0.1) is 74.4 Å². The maximum atomic E-state index is 15.6. The van der Waals surface area contributed by atoms with Crippen molar-refractivity contribution in [1.82, 2.24) is 14.9 Å².